The highest BCUT2D eigenvalue weighted by Gasteiger charge is 2.39. The molecule has 0 amide bonds. The van der Waals surface area contributed by atoms with Gasteiger partial charge in [-0.1, -0.05) is 68.5 Å². The molecule has 1 N–H and O–H groups in total. The molecule has 3 aromatic rings. The van der Waals surface area contributed by atoms with E-state index in [0.717, 1.165) is 39.7 Å². The molecule has 1 aliphatic heterocycles. The number of carbonyl (C=O) groups excluding carboxylic acids is 1. The molecule has 0 fully saturated rings. The number of nitrogens with one attached hydrogen (secondary N) is 1. The number of allylic oxidation sites excluding steroid dienone is 3. The molecule has 0 aromatic heterocycles. The van der Waals surface area contributed by atoms with Gasteiger partial charge in [-0.25, -0.2) is 0 Å². The van der Waals surface area contributed by atoms with Gasteiger partial charge in [0.1, 0.15) is 0 Å². The van der Waals surface area contributed by atoms with E-state index in [9.17, 15) is 14.9 Å². The maximum Gasteiger partial charge on any atom is 0.276 e. The van der Waals surface area contributed by atoms with E-state index in [2.05, 4.69) is 43.4 Å². The first-order chi connectivity index (χ1) is 15.3. The molecule has 1 atom stereocenters. The lowest BCUT2D eigenvalue weighted by Crippen LogP contribution is -2.33. The number of anilines is 1. The van der Waals surface area contributed by atoms with Crippen LogP contribution in [-0.2, 0) is 4.79 Å². The summed E-state index contributed by atoms with van der Waals surface area (Å²) in [7, 11) is 0. The number of fused-ring (bicyclic) bond motifs is 3. The Morgan fingerprint density at radius 1 is 1.03 bits per heavy atom. The number of benzene rings is 3. The second-order valence-corrected chi connectivity index (χ2v) is 9.36. The van der Waals surface area contributed by atoms with Crippen LogP contribution in [0.1, 0.15) is 43.7 Å². The Morgan fingerprint density at radius 3 is 2.59 bits per heavy atom. The molecule has 0 saturated carbocycles. The number of para-hydroxylation sites is 1. The minimum absolute atomic E-state index is 0.0566. The standard InChI is InChI=1S/C27H24N2O3/c1-27(2)15-22-26(24(30)16-27)20(13-11-18-8-4-6-10-23(18)29(31)32)25-19-9-5-3-7-17(19)12-14-21(25)28-22/h3-14,20,28H,15-16H2,1-2H3. The molecule has 3 aromatic carbocycles. The van der Waals surface area contributed by atoms with Crippen molar-refractivity contribution < 1.29 is 9.72 Å². The number of carbonyl (C=O) groups is 1. The molecule has 5 nitrogen and oxygen atoms in total. The Bertz CT molecular complexity index is 1330. The first-order valence-corrected chi connectivity index (χ1v) is 10.8. The van der Waals surface area contributed by atoms with Crippen LogP contribution < -0.4 is 5.32 Å². The molecule has 0 spiro atoms. The van der Waals surface area contributed by atoms with Crippen molar-refractivity contribution in [1.29, 1.82) is 0 Å². The monoisotopic (exact) mass is 424 g/mol. The number of nitro benzene ring substituents is 1. The maximum absolute atomic E-state index is 13.3. The maximum atomic E-state index is 13.3. The van der Waals surface area contributed by atoms with Gasteiger partial charge >= 0.3 is 0 Å². The highest BCUT2D eigenvalue weighted by Crippen LogP contribution is 2.49. The van der Waals surface area contributed by atoms with E-state index in [1.165, 1.54) is 6.07 Å². The lowest BCUT2D eigenvalue weighted by molar-refractivity contribution is -0.385. The van der Waals surface area contributed by atoms with Crippen LogP contribution in [0.3, 0.4) is 0 Å². The van der Waals surface area contributed by atoms with Gasteiger partial charge in [0, 0.05) is 35.4 Å². The third-order valence-corrected chi connectivity index (χ3v) is 6.40. The first-order valence-electron chi connectivity index (χ1n) is 10.8. The summed E-state index contributed by atoms with van der Waals surface area (Å²) in [6, 6.07) is 19.0. The summed E-state index contributed by atoms with van der Waals surface area (Å²) >= 11 is 0. The van der Waals surface area contributed by atoms with E-state index in [4.69, 9.17) is 0 Å². The van der Waals surface area contributed by atoms with Crippen LogP contribution in [0.15, 0.2) is 78.0 Å². The molecule has 0 saturated heterocycles. The fourth-order valence-electron chi connectivity index (χ4n) is 5.04. The normalized spacial score (nSPS) is 19.6. The van der Waals surface area contributed by atoms with Crippen LogP contribution in [0.4, 0.5) is 11.4 Å². The van der Waals surface area contributed by atoms with Crippen molar-refractivity contribution in [2.24, 2.45) is 5.41 Å². The Morgan fingerprint density at radius 2 is 1.78 bits per heavy atom. The Labute approximate surface area is 186 Å². The van der Waals surface area contributed by atoms with Crippen molar-refractivity contribution in [3.8, 4) is 0 Å². The molecule has 32 heavy (non-hydrogen) atoms. The summed E-state index contributed by atoms with van der Waals surface area (Å²) in [6.45, 7) is 4.23. The Kier molecular flexibility index (Phi) is 4.70. The lowest BCUT2D eigenvalue weighted by atomic mass is 9.69. The van der Waals surface area contributed by atoms with Crippen molar-refractivity contribution in [3.63, 3.8) is 0 Å². The molecule has 0 radical (unpaired) electrons. The Hall–Kier alpha value is -3.73. The first kappa shape index (κ1) is 20.2. The van der Waals surface area contributed by atoms with Gasteiger partial charge < -0.3 is 5.32 Å². The summed E-state index contributed by atoms with van der Waals surface area (Å²) in [4.78, 5) is 24.5. The molecule has 0 bridgehead atoms. The molecule has 160 valence electrons. The van der Waals surface area contributed by atoms with E-state index in [0.29, 0.717) is 12.0 Å². The Balaban J connectivity index is 1.71. The predicted octanol–water partition coefficient (Wildman–Crippen LogP) is 6.61. The number of hydrogen-bond acceptors (Lipinski definition) is 4. The van der Waals surface area contributed by atoms with Crippen molar-refractivity contribution >= 4 is 34.0 Å². The van der Waals surface area contributed by atoms with Crippen molar-refractivity contribution in [3.05, 3.63) is 99.3 Å². The van der Waals surface area contributed by atoms with Crippen molar-refractivity contribution in [2.75, 3.05) is 5.32 Å². The summed E-state index contributed by atoms with van der Waals surface area (Å²) in [5, 5.41) is 17.2. The third kappa shape index (κ3) is 3.40. The number of ketones is 1. The molecule has 1 heterocycles. The summed E-state index contributed by atoms with van der Waals surface area (Å²) in [5.41, 5.74) is 4.26. The molecule has 5 rings (SSSR count). The van der Waals surface area contributed by atoms with Crippen LogP contribution in [0.25, 0.3) is 16.8 Å². The molecular formula is C27H24N2O3. The second-order valence-electron chi connectivity index (χ2n) is 9.36. The third-order valence-electron chi connectivity index (χ3n) is 6.40. The van der Waals surface area contributed by atoms with Gasteiger partial charge in [-0.3, -0.25) is 14.9 Å². The smallest absolute Gasteiger partial charge is 0.276 e. The van der Waals surface area contributed by atoms with Crippen LogP contribution in [0, 0.1) is 15.5 Å². The molecule has 5 heteroatoms. The number of nitrogens with zero attached hydrogens (tertiary/aromatic N) is 1. The van der Waals surface area contributed by atoms with Crippen molar-refractivity contribution in [2.45, 2.75) is 32.6 Å². The topological polar surface area (TPSA) is 72.2 Å². The fourth-order valence-corrected chi connectivity index (χ4v) is 5.04. The van der Waals surface area contributed by atoms with E-state index < -0.39 is 0 Å². The largest absolute Gasteiger partial charge is 0.358 e. The van der Waals surface area contributed by atoms with E-state index in [-0.39, 0.29) is 27.7 Å². The number of rotatable bonds is 3. The van der Waals surface area contributed by atoms with Gasteiger partial charge in [0.25, 0.3) is 5.69 Å². The lowest BCUT2D eigenvalue weighted by Gasteiger charge is -2.39. The number of Topliss-reactive ketones (excluding diaryl/α,β-unsaturated/α-hetero) is 1. The quantitative estimate of drug-likeness (QED) is 0.379. The molecule has 2 aliphatic rings. The van der Waals surface area contributed by atoms with E-state index in [1.54, 1.807) is 24.3 Å². The van der Waals surface area contributed by atoms with E-state index in [1.807, 2.05) is 18.2 Å². The SMILES string of the molecule is CC1(C)CC(=O)C2=C(C1)Nc1ccc3ccccc3c1C2C=Cc1ccccc1[N+](=O)[O-]. The van der Waals surface area contributed by atoms with Crippen LogP contribution in [0.5, 0.6) is 0 Å². The average molecular weight is 425 g/mol. The van der Waals surface area contributed by atoms with Gasteiger partial charge in [-0.15, -0.1) is 0 Å². The molecular weight excluding hydrogens is 400 g/mol. The van der Waals surface area contributed by atoms with Gasteiger partial charge in [0.2, 0.25) is 0 Å². The number of hydrogen-bond donors (Lipinski definition) is 1. The van der Waals surface area contributed by atoms with Gasteiger partial charge in [0.15, 0.2) is 5.78 Å². The number of nitro groups is 1. The summed E-state index contributed by atoms with van der Waals surface area (Å²) < 4.78 is 0. The van der Waals surface area contributed by atoms with Gasteiger partial charge in [0.05, 0.1) is 10.5 Å². The van der Waals surface area contributed by atoms with Gasteiger partial charge in [-0.2, -0.15) is 0 Å². The van der Waals surface area contributed by atoms with Gasteiger partial charge in [-0.05, 0) is 40.3 Å². The fraction of sp³-hybridized carbons (Fsp3) is 0.222. The van der Waals surface area contributed by atoms with Crippen molar-refractivity contribution in [1.82, 2.24) is 0 Å². The van der Waals surface area contributed by atoms with Crippen LogP contribution >= 0.6 is 0 Å². The van der Waals surface area contributed by atoms with Crippen LogP contribution in [0.2, 0.25) is 0 Å². The van der Waals surface area contributed by atoms with E-state index >= 15 is 0 Å². The zero-order valence-corrected chi connectivity index (χ0v) is 18.1. The molecule has 1 unspecified atom stereocenters. The summed E-state index contributed by atoms with van der Waals surface area (Å²) in [5.74, 6) is -0.129. The zero-order valence-electron chi connectivity index (χ0n) is 18.1. The highest BCUT2D eigenvalue weighted by molar-refractivity contribution is 6.04. The minimum atomic E-state index is -0.371. The van der Waals surface area contributed by atoms with Crippen LogP contribution in [-0.4, -0.2) is 10.7 Å². The highest BCUT2D eigenvalue weighted by atomic mass is 16.6. The molecule has 1 aliphatic carbocycles. The average Bonchev–Trinajstić information content (AvgIpc) is 2.75. The minimum Gasteiger partial charge on any atom is -0.358 e. The zero-order chi connectivity index (χ0) is 22.5. The predicted molar refractivity (Wildman–Crippen MR) is 127 cm³/mol. The summed E-state index contributed by atoms with van der Waals surface area (Å²) in [6.07, 6.45) is 5.02. The second kappa shape index (κ2) is 7.45.